The molecule has 2 saturated heterocycles. The van der Waals surface area contributed by atoms with E-state index in [-0.39, 0.29) is 5.91 Å². The third-order valence-electron chi connectivity index (χ3n) is 7.35. The largest absolute Gasteiger partial charge is 0.497 e. The minimum absolute atomic E-state index is 0.294. The Balaban J connectivity index is 1.33. The van der Waals surface area contributed by atoms with Gasteiger partial charge in [0.15, 0.2) is 6.10 Å². The van der Waals surface area contributed by atoms with Crippen molar-refractivity contribution in [1.29, 1.82) is 0 Å². The molecule has 0 radical (unpaired) electrons. The van der Waals surface area contributed by atoms with Gasteiger partial charge in [-0.15, -0.1) is 5.10 Å². The van der Waals surface area contributed by atoms with Crippen molar-refractivity contribution in [2.24, 2.45) is 0 Å². The van der Waals surface area contributed by atoms with Crippen LogP contribution in [0.3, 0.4) is 0 Å². The number of aromatic nitrogens is 3. The molecule has 11 nitrogen and oxygen atoms in total. The molecule has 2 N–H and O–H groups in total. The molecule has 2 aliphatic heterocycles. The standard InChI is InChI=1S/C27H32FN5O6/c1-37-20-8-6-19(7-9-20)31-10-12-32(13-11-31)27(36)26-25(38-2)23(24(35)22(16-34)39-26)33-15-21(29-30-33)17-4-3-5-18(28)14-17/h3-9,14-15,22-26,34-35H,10-13,16H2,1-2H3/t22-,23+,24+,25-,26-/m1/s1. The monoisotopic (exact) mass is 541 g/mol. The number of aliphatic hydroxyl groups excluding tert-OH is 2. The third-order valence-corrected chi connectivity index (χ3v) is 7.35. The Hall–Kier alpha value is -3.58. The van der Waals surface area contributed by atoms with Crippen molar-refractivity contribution in [2.45, 2.75) is 30.5 Å². The highest BCUT2D eigenvalue weighted by Crippen LogP contribution is 2.34. The van der Waals surface area contributed by atoms with Crippen LogP contribution in [0.25, 0.3) is 11.3 Å². The number of rotatable bonds is 7. The molecule has 39 heavy (non-hydrogen) atoms. The summed E-state index contributed by atoms with van der Waals surface area (Å²) in [6.07, 6.45) is -2.73. The number of methoxy groups -OCH3 is 2. The highest BCUT2D eigenvalue weighted by atomic mass is 19.1. The molecule has 1 aromatic heterocycles. The fraction of sp³-hybridized carbons (Fsp3) is 0.444. The fourth-order valence-corrected chi connectivity index (χ4v) is 5.22. The molecule has 0 spiro atoms. The molecule has 2 aliphatic rings. The van der Waals surface area contributed by atoms with E-state index in [0.717, 1.165) is 11.4 Å². The Kier molecular flexibility index (Phi) is 8.07. The van der Waals surface area contributed by atoms with Gasteiger partial charge in [0.2, 0.25) is 0 Å². The normalized spacial score (nSPS) is 25.5. The van der Waals surface area contributed by atoms with Crippen LogP contribution < -0.4 is 9.64 Å². The summed E-state index contributed by atoms with van der Waals surface area (Å²) >= 11 is 0. The minimum atomic E-state index is -1.24. The van der Waals surface area contributed by atoms with Gasteiger partial charge in [0.25, 0.3) is 5.91 Å². The second kappa shape index (κ2) is 11.7. The second-order valence-corrected chi connectivity index (χ2v) is 9.56. The number of aliphatic hydroxyl groups is 2. The van der Waals surface area contributed by atoms with E-state index in [1.54, 1.807) is 30.3 Å². The maximum Gasteiger partial charge on any atom is 0.254 e. The fourth-order valence-electron chi connectivity index (χ4n) is 5.22. The van der Waals surface area contributed by atoms with Gasteiger partial charge in [0.05, 0.1) is 19.9 Å². The highest BCUT2D eigenvalue weighted by molar-refractivity contribution is 5.82. The van der Waals surface area contributed by atoms with Crippen molar-refractivity contribution >= 4 is 11.6 Å². The average Bonchev–Trinajstić information content (AvgIpc) is 3.46. The molecular formula is C27H32FN5O6. The maximum absolute atomic E-state index is 13.7. The summed E-state index contributed by atoms with van der Waals surface area (Å²) in [6.45, 7) is 1.67. The number of ether oxygens (including phenoxy) is 3. The molecule has 2 fully saturated rings. The number of carbonyl (C=O) groups excluding carboxylic acids is 1. The van der Waals surface area contributed by atoms with Crippen LogP contribution >= 0.6 is 0 Å². The molecule has 3 aromatic rings. The molecule has 5 atom stereocenters. The first-order chi connectivity index (χ1) is 18.9. The van der Waals surface area contributed by atoms with Crippen LogP contribution in [0.5, 0.6) is 5.75 Å². The van der Waals surface area contributed by atoms with Gasteiger partial charge in [-0.2, -0.15) is 0 Å². The van der Waals surface area contributed by atoms with E-state index in [1.807, 2.05) is 24.3 Å². The molecule has 5 rings (SSSR count). The molecule has 12 heteroatoms. The van der Waals surface area contributed by atoms with Crippen molar-refractivity contribution < 1.29 is 33.6 Å². The lowest BCUT2D eigenvalue weighted by molar-refractivity contribution is -0.217. The van der Waals surface area contributed by atoms with Crippen molar-refractivity contribution in [2.75, 3.05) is 51.9 Å². The van der Waals surface area contributed by atoms with Crippen LogP contribution in [0.4, 0.5) is 10.1 Å². The summed E-state index contributed by atoms with van der Waals surface area (Å²) in [7, 11) is 3.05. The number of benzene rings is 2. The van der Waals surface area contributed by atoms with Gasteiger partial charge in [0.1, 0.15) is 41.6 Å². The molecule has 0 aliphatic carbocycles. The number of hydrogen-bond donors (Lipinski definition) is 2. The zero-order valence-corrected chi connectivity index (χ0v) is 21.8. The number of nitrogens with zero attached hydrogens (tertiary/aromatic N) is 5. The summed E-state index contributed by atoms with van der Waals surface area (Å²) in [6, 6.07) is 12.8. The maximum atomic E-state index is 13.7. The van der Waals surface area contributed by atoms with Gasteiger partial charge in [-0.05, 0) is 36.4 Å². The quantitative estimate of drug-likeness (QED) is 0.453. The highest BCUT2D eigenvalue weighted by Gasteiger charge is 2.50. The third kappa shape index (κ3) is 5.46. The van der Waals surface area contributed by atoms with E-state index >= 15 is 0 Å². The average molecular weight is 542 g/mol. The molecule has 1 amide bonds. The zero-order chi connectivity index (χ0) is 27.5. The summed E-state index contributed by atoms with van der Waals surface area (Å²) in [4.78, 5) is 17.6. The Bertz CT molecular complexity index is 1270. The Morgan fingerprint density at radius 3 is 2.51 bits per heavy atom. The lowest BCUT2D eigenvalue weighted by atomic mass is 9.91. The van der Waals surface area contributed by atoms with Crippen molar-refractivity contribution in [1.82, 2.24) is 19.9 Å². The number of anilines is 1. The molecule has 208 valence electrons. The first-order valence-corrected chi connectivity index (χ1v) is 12.8. The van der Waals surface area contributed by atoms with Gasteiger partial charge in [-0.3, -0.25) is 4.79 Å². The molecular weight excluding hydrogens is 509 g/mol. The van der Waals surface area contributed by atoms with Gasteiger partial charge in [-0.1, -0.05) is 17.3 Å². The minimum Gasteiger partial charge on any atom is -0.497 e. The zero-order valence-electron chi connectivity index (χ0n) is 21.8. The van der Waals surface area contributed by atoms with Crippen LogP contribution in [-0.2, 0) is 14.3 Å². The van der Waals surface area contributed by atoms with Crippen LogP contribution in [0, 0.1) is 5.82 Å². The van der Waals surface area contributed by atoms with E-state index in [4.69, 9.17) is 14.2 Å². The lowest BCUT2D eigenvalue weighted by Gasteiger charge is -2.45. The predicted molar refractivity (Wildman–Crippen MR) is 139 cm³/mol. The van der Waals surface area contributed by atoms with Crippen LogP contribution in [0.2, 0.25) is 0 Å². The van der Waals surface area contributed by atoms with Gasteiger partial charge in [-0.25, -0.2) is 9.07 Å². The van der Waals surface area contributed by atoms with Crippen molar-refractivity contribution in [3.05, 3.63) is 60.5 Å². The topological polar surface area (TPSA) is 122 Å². The predicted octanol–water partition coefficient (Wildman–Crippen LogP) is 1.12. The van der Waals surface area contributed by atoms with E-state index < -0.39 is 42.9 Å². The Morgan fingerprint density at radius 1 is 1.13 bits per heavy atom. The van der Waals surface area contributed by atoms with E-state index in [2.05, 4.69) is 15.2 Å². The first kappa shape index (κ1) is 27.0. The van der Waals surface area contributed by atoms with E-state index in [0.29, 0.717) is 37.4 Å². The van der Waals surface area contributed by atoms with Crippen molar-refractivity contribution in [3.63, 3.8) is 0 Å². The summed E-state index contributed by atoms with van der Waals surface area (Å²) in [5.74, 6) is 0.0660. The lowest BCUT2D eigenvalue weighted by Crippen LogP contribution is -2.62. The number of piperazine rings is 1. The SMILES string of the molecule is COc1ccc(N2CCN(C(=O)[C@@H]3O[C@H](CO)[C@H](O)[C@H](n4cc(-c5cccc(F)c5)nn4)[C@H]3OC)CC2)cc1. The van der Waals surface area contributed by atoms with Gasteiger partial charge >= 0.3 is 0 Å². The van der Waals surface area contributed by atoms with Gasteiger partial charge < -0.3 is 34.2 Å². The summed E-state index contributed by atoms with van der Waals surface area (Å²) in [5, 5.41) is 29.3. The Labute approximate surface area is 225 Å². The number of halogens is 1. The summed E-state index contributed by atoms with van der Waals surface area (Å²) < 4.78 is 32.0. The van der Waals surface area contributed by atoms with Crippen LogP contribution in [-0.4, -0.2) is 107 Å². The molecule has 3 heterocycles. The summed E-state index contributed by atoms with van der Waals surface area (Å²) in [5.41, 5.74) is 1.94. The number of amides is 1. The number of hydrogen-bond acceptors (Lipinski definition) is 9. The number of carbonyl (C=O) groups is 1. The molecule has 0 unspecified atom stereocenters. The van der Waals surface area contributed by atoms with Crippen LogP contribution in [0.1, 0.15) is 6.04 Å². The molecule has 2 aromatic carbocycles. The molecule has 0 saturated carbocycles. The smallest absolute Gasteiger partial charge is 0.254 e. The first-order valence-electron chi connectivity index (χ1n) is 12.8. The van der Waals surface area contributed by atoms with Crippen molar-refractivity contribution in [3.8, 4) is 17.0 Å². The second-order valence-electron chi connectivity index (χ2n) is 9.56. The Morgan fingerprint density at radius 2 is 1.87 bits per heavy atom. The van der Waals surface area contributed by atoms with E-state index in [1.165, 1.54) is 23.9 Å². The van der Waals surface area contributed by atoms with Gasteiger partial charge in [0, 0.05) is 44.5 Å². The van der Waals surface area contributed by atoms with Crippen LogP contribution in [0.15, 0.2) is 54.7 Å². The van der Waals surface area contributed by atoms with E-state index in [9.17, 15) is 19.4 Å². The molecule has 0 bridgehead atoms.